The van der Waals surface area contributed by atoms with E-state index in [1.165, 1.54) is 5.56 Å². The molecule has 1 aliphatic heterocycles. The molecule has 0 saturated heterocycles. The molecular weight excluding hydrogens is 408 g/mol. The highest BCUT2D eigenvalue weighted by Gasteiger charge is 2.26. The summed E-state index contributed by atoms with van der Waals surface area (Å²) in [5.74, 6) is 0. The smallest absolute Gasteiger partial charge is 0.305 e. The number of rotatable bonds is 7. The molecule has 2 aromatic rings. The highest BCUT2D eigenvalue weighted by molar-refractivity contribution is 7.80. The lowest BCUT2D eigenvalue weighted by Gasteiger charge is -2.13. The third-order valence-electron chi connectivity index (χ3n) is 4.14. The van der Waals surface area contributed by atoms with E-state index in [0.29, 0.717) is 0 Å². The minimum Gasteiger partial charge on any atom is -0.726 e. The van der Waals surface area contributed by atoms with E-state index >= 15 is 0 Å². The topological polar surface area (TPSA) is 123 Å². The average Bonchev–Trinajstić information content (AvgIpc) is 3.06. The maximum Gasteiger partial charge on any atom is 0.305 e. The van der Waals surface area contributed by atoms with Gasteiger partial charge in [-0.3, -0.25) is 9.08 Å². The quantitative estimate of drug-likeness (QED) is 0.384. The Morgan fingerprint density at radius 1 is 1.20 bits per heavy atom. The molecule has 0 bridgehead atoms. The van der Waals surface area contributed by atoms with Crippen LogP contribution in [0.1, 0.15) is 5.56 Å². The maximum absolute atomic E-state index is 9.22. The molecule has 0 radical (unpaired) electrons. The van der Waals surface area contributed by atoms with Crippen molar-refractivity contribution in [1.29, 1.82) is 0 Å². The van der Waals surface area contributed by atoms with E-state index in [1.54, 1.807) is 6.34 Å². The van der Waals surface area contributed by atoms with E-state index in [-0.39, 0.29) is 6.29 Å². The zero-order valence-corrected chi connectivity index (χ0v) is 17.9. The molecule has 11 heteroatoms. The first kappa shape index (κ1) is 23.4. The fraction of sp³-hybridized carbons (Fsp3) is 0.316. The summed E-state index contributed by atoms with van der Waals surface area (Å²) in [6, 6.07) is 18.5. The molecule has 3 rings (SSSR count). The molecule has 2 atom stereocenters. The largest absolute Gasteiger partial charge is 0.726 e. The van der Waals surface area contributed by atoms with Gasteiger partial charge in [-0.05, 0) is 36.2 Å². The lowest BCUT2D eigenvalue weighted by atomic mass is 10.1. The van der Waals surface area contributed by atoms with Gasteiger partial charge in [-0.15, -0.1) is 10.2 Å². The number of quaternary nitrogens is 1. The van der Waals surface area contributed by atoms with Crippen molar-refractivity contribution in [2.24, 2.45) is 15.3 Å². The monoisotopic (exact) mass is 434 g/mol. The van der Waals surface area contributed by atoms with Crippen molar-refractivity contribution < 1.29 is 22.2 Å². The summed E-state index contributed by atoms with van der Waals surface area (Å²) >= 11 is 0. The SMILES string of the molecule is CN1C=N[NH+](C)C1N=Nc1ccc(NCCc2ccccc2)cc1.COS(=O)(=O)[O-]. The van der Waals surface area contributed by atoms with Crippen molar-refractivity contribution in [3.05, 3.63) is 60.2 Å². The molecule has 0 fully saturated rings. The van der Waals surface area contributed by atoms with E-state index < -0.39 is 10.4 Å². The lowest BCUT2D eigenvalue weighted by molar-refractivity contribution is -0.914. The minimum absolute atomic E-state index is 0.0892. The van der Waals surface area contributed by atoms with Crippen molar-refractivity contribution in [3.63, 3.8) is 0 Å². The zero-order chi connectivity index (χ0) is 22.0. The molecule has 1 aliphatic rings. The van der Waals surface area contributed by atoms with Gasteiger partial charge in [0.05, 0.1) is 19.8 Å². The molecule has 2 aromatic carbocycles. The number of nitrogens with zero attached hydrogens (tertiary/aromatic N) is 4. The van der Waals surface area contributed by atoms with Gasteiger partial charge in [0.1, 0.15) is 0 Å². The highest BCUT2D eigenvalue weighted by atomic mass is 32.3. The molecule has 10 nitrogen and oxygen atoms in total. The Labute approximate surface area is 176 Å². The van der Waals surface area contributed by atoms with Crippen molar-refractivity contribution in [1.82, 2.24) is 4.90 Å². The molecule has 0 aliphatic carbocycles. The summed E-state index contributed by atoms with van der Waals surface area (Å²) in [6.07, 6.45) is 2.69. The molecule has 0 saturated carbocycles. The number of anilines is 1. The molecule has 0 aromatic heterocycles. The first-order valence-electron chi connectivity index (χ1n) is 9.18. The van der Waals surface area contributed by atoms with Crippen LogP contribution < -0.4 is 10.3 Å². The van der Waals surface area contributed by atoms with E-state index in [0.717, 1.165) is 36.5 Å². The van der Waals surface area contributed by atoms with Crippen LogP contribution in [0.5, 0.6) is 0 Å². The lowest BCUT2D eigenvalue weighted by Crippen LogP contribution is -3.07. The summed E-state index contributed by atoms with van der Waals surface area (Å²) in [7, 11) is 0.305. The van der Waals surface area contributed by atoms with Crippen LogP contribution in [0.15, 0.2) is 69.9 Å². The molecule has 0 amide bonds. The van der Waals surface area contributed by atoms with Crippen LogP contribution in [0, 0.1) is 0 Å². The van der Waals surface area contributed by atoms with Crippen molar-refractivity contribution in [2.75, 3.05) is 33.1 Å². The van der Waals surface area contributed by atoms with Gasteiger partial charge in [-0.2, -0.15) is 5.01 Å². The van der Waals surface area contributed by atoms with Crippen molar-refractivity contribution in [3.8, 4) is 0 Å². The third kappa shape index (κ3) is 8.25. The number of azo groups is 1. The van der Waals surface area contributed by atoms with Crippen molar-refractivity contribution >= 4 is 28.1 Å². The number of nitrogens with one attached hydrogen (secondary N) is 2. The van der Waals surface area contributed by atoms with Crippen LogP contribution in [0.25, 0.3) is 0 Å². The van der Waals surface area contributed by atoms with Crippen LogP contribution in [0.3, 0.4) is 0 Å². The Hall–Kier alpha value is -2.86. The Balaban J connectivity index is 0.000000469. The standard InChI is InChI=1S/C18H22N6.CH4O4S/c1-23-14-20-24(2)18(23)22-21-17-10-8-16(9-11-17)19-13-12-15-6-4-3-5-7-15;1-5-6(2,3)4/h3-11,14,18-19H,12-13H2,1-2H3;1H3,(H,2,3,4). The molecule has 162 valence electrons. The first-order valence-corrected chi connectivity index (χ1v) is 10.5. The van der Waals surface area contributed by atoms with Gasteiger partial charge in [0.2, 0.25) is 10.4 Å². The molecular formula is C19H26N6O4S. The third-order valence-corrected chi connectivity index (χ3v) is 4.55. The normalized spacial score (nSPS) is 18.3. The average molecular weight is 435 g/mol. The zero-order valence-electron chi connectivity index (χ0n) is 17.1. The summed E-state index contributed by atoms with van der Waals surface area (Å²) in [5.41, 5.74) is 3.27. The van der Waals surface area contributed by atoms with Crippen LogP contribution in [-0.4, -0.2) is 58.2 Å². The van der Waals surface area contributed by atoms with Crippen LogP contribution >= 0.6 is 0 Å². The summed E-state index contributed by atoms with van der Waals surface area (Å²) in [6.45, 7) is 0.906. The van der Waals surface area contributed by atoms with Gasteiger partial charge in [0.25, 0.3) is 0 Å². The second-order valence-electron chi connectivity index (χ2n) is 6.42. The Morgan fingerprint density at radius 3 is 2.37 bits per heavy atom. The molecule has 30 heavy (non-hydrogen) atoms. The van der Waals surface area contributed by atoms with Gasteiger partial charge < -0.3 is 9.87 Å². The van der Waals surface area contributed by atoms with Gasteiger partial charge in [-0.1, -0.05) is 35.4 Å². The van der Waals surface area contributed by atoms with E-state index in [4.69, 9.17) is 0 Å². The Kier molecular flexibility index (Phi) is 8.87. The Bertz CT molecular complexity index is 923. The molecule has 0 spiro atoms. The molecule has 2 N–H and O–H groups in total. The fourth-order valence-corrected chi connectivity index (χ4v) is 2.53. The number of hydrogen-bond donors (Lipinski definition) is 2. The van der Waals surface area contributed by atoms with Gasteiger partial charge >= 0.3 is 6.29 Å². The van der Waals surface area contributed by atoms with Crippen LogP contribution in [-0.2, 0) is 21.0 Å². The minimum atomic E-state index is -4.41. The van der Waals surface area contributed by atoms with Gasteiger partial charge in [0.15, 0.2) is 6.34 Å². The van der Waals surface area contributed by atoms with Crippen LogP contribution in [0.2, 0.25) is 0 Å². The summed E-state index contributed by atoms with van der Waals surface area (Å²) in [4.78, 5) is 1.94. The van der Waals surface area contributed by atoms with Crippen LogP contribution in [0.4, 0.5) is 11.4 Å². The van der Waals surface area contributed by atoms with E-state index in [2.05, 4.69) is 49.1 Å². The fourth-order valence-electron chi connectivity index (χ4n) is 2.53. The summed E-state index contributed by atoms with van der Waals surface area (Å²) < 4.78 is 31.0. The second kappa shape index (κ2) is 11.4. The Morgan fingerprint density at radius 2 is 1.83 bits per heavy atom. The van der Waals surface area contributed by atoms with Gasteiger partial charge in [-0.25, -0.2) is 8.42 Å². The first-order chi connectivity index (χ1) is 14.3. The van der Waals surface area contributed by atoms with E-state index in [9.17, 15) is 13.0 Å². The number of hydrogen-bond acceptors (Lipinski definition) is 9. The van der Waals surface area contributed by atoms with E-state index in [1.807, 2.05) is 49.3 Å². The second-order valence-corrected chi connectivity index (χ2v) is 7.57. The number of benzene rings is 2. The highest BCUT2D eigenvalue weighted by Crippen LogP contribution is 2.17. The predicted octanol–water partition coefficient (Wildman–Crippen LogP) is 1.20. The van der Waals surface area contributed by atoms with Crippen molar-refractivity contribution in [2.45, 2.75) is 12.7 Å². The summed E-state index contributed by atoms with van der Waals surface area (Å²) in [5, 5.41) is 17.3. The molecule has 1 heterocycles. The van der Waals surface area contributed by atoms with Gasteiger partial charge in [0, 0.05) is 19.3 Å². The molecule has 2 unspecified atom stereocenters. The maximum atomic E-state index is 9.22. The predicted molar refractivity (Wildman–Crippen MR) is 113 cm³/mol.